The zero-order chi connectivity index (χ0) is 10.8. The minimum atomic E-state index is -3.79. The van der Waals surface area contributed by atoms with Gasteiger partial charge in [-0.15, -0.1) is 0 Å². The van der Waals surface area contributed by atoms with Crippen molar-refractivity contribution in [1.29, 1.82) is 0 Å². The van der Waals surface area contributed by atoms with Crippen LogP contribution < -0.4 is 4.18 Å². The van der Waals surface area contributed by atoms with Crippen molar-refractivity contribution in [3.05, 3.63) is 40.2 Å². The van der Waals surface area contributed by atoms with Crippen molar-refractivity contribution >= 4 is 33.3 Å². The zero-order valence-corrected chi connectivity index (χ0v) is 9.23. The lowest BCUT2D eigenvalue weighted by Gasteiger charge is -2.04. The van der Waals surface area contributed by atoms with E-state index in [1.54, 1.807) is 0 Å². The summed E-state index contributed by atoms with van der Waals surface area (Å²) < 4.78 is 26.6. The maximum absolute atomic E-state index is 11.0. The molecule has 76 valence electrons. The van der Waals surface area contributed by atoms with E-state index in [-0.39, 0.29) is 10.8 Å². The molecule has 0 saturated carbocycles. The fourth-order valence-electron chi connectivity index (χ4n) is 0.700. The molecule has 0 atom stereocenters. The Hall–Kier alpha value is -0.710. The fraction of sp³-hybridized carbons (Fsp3) is 0. The van der Waals surface area contributed by atoms with Crippen LogP contribution in [0.1, 0.15) is 0 Å². The predicted octanol–water partition coefficient (Wildman–Crippen LogP) is 2.85. The van der Waals surface area contributed by atoms with Crippen LogP contribution in [0.5, 0.6) is 5.75 Å². The maximum atomic E-state index is 11.0. The highest BCUT2D eigenvalue weighted by atomic mass is 35.5. The first-order valence-corrected chi connectivity index (χ1v) is 5.69. The van der Waals surface area contributed by atoms with E-state index in [0.29, 0.717) is 10.4 Å². The lowest BCUT2D eigenvalue weighted by Crippen LogP contribution is -2.04. The molecule has 14 heavy (non-hydrogen) atoms. The van der Waals surface area contributed by atoms with Crippen LogP contribution in [0, 0.1) is 0 Å². The summed E-state index contributed by atoms with van der Waals surface area (Å²) in [6.07, 6.45) is 0. The quantitative estimate of drug-likeness (QED) is 0.778. The molecule has 0 radical (unpaired) electrons. The molecule has 0 amide bonds. The first-order chi connectivity index (χ1) is 6.44. The van der Waals surface area contributed by atoms with Crippen LogP contribution in [0.15, 0.2) is 30.2 Å². The van der Waals surface area contributed by atoms with Gasteiger partial charge in [0.05, 0.1) is 10.4 Å². The van der Waals surface area contributed by atoms with Gasteiger partial charge in [-0.25, -0.2) is 0 Å². The highest BCUT2D eigenvalue weighted by Crippen LogP contribution is 2.28. The van der Waals surface area contributed by atoms with Crippen molar-refractivity contribution in [2.75, 3.05) is 0 Å². The monoisotopic (exact) mass is 252 g/mol. The Labute approximate surface area is 92.0 Å². The molecule has 1 rings (SSSR count). The van der Waals surface area contributed by atoms with Crippen LogP contribution in [0.4, 0.5) is 0 Å². The summed E-state index contributed by atoms with van der Waals surface area (Å²) in [5.41, 5.74) is 0. The summed E-state index contributed by atoms with van der Waals surface area (Å²) >= 11 is 11.3. The first kappa shape index (κ1) is 11.4. The van der Waals surface area contributed by atoms with Crippen molar-refractivity contribution < 1.29 is 12.6 Å². The van der Waals surface area contributed by atoms with Crippen molar-refractivity contribution in [2.45, 2.75) is 0 Å². The van der Waals surface area contributed by atoms with Gasteiger partial charge in [-0.3, -0.25) is 0 Å². The van der Waals surface area contributed by atoms with Gasteiger partial charge in [0, 0.05) is 11.1 Å². The minimum Gasteiger partial charge on any atom is -0.378 e. The lowest BCUT2D eigenvalue weighted by molar-refractivity contribution is 0.497. The van der Waals surface area contributed by atoms with E-state index in [2.05, 4.69) is 10.8 Å². The lowest BCUT2D eigenvalue weighted by atomic mass is 10.3. The Morgan fingerprint density at radius 3 is 2.57 bits per heavy atom. The molecule has 0 spiro atoms. The molecule has 0 unspecified atom stereocenters. The van der Waals surface area contributed by atoms with E-state index in [1.165, 1.54) is 18.2 Å². The Morgan fingerprint density at radius 1 is 1.36 bits per heavy atom. The number of hydrogen-bond acceptors (Lipinski definition) is 3. The molecule has 0 aliphatic carbocycles. The smallest absolute Gasteiger partial charge is 0.331 e. The molecule has 1 aromatic carbocycles. The van der Waals surface area contributed by atoms with Gasteiger partial charge in [-0.05, 0) is 12.1 Å². The molecule has 0 saturated heterocycles. The van der Waals surface area contributed by atoms with Crippen molar-refractivity contribution in [1.82, 2.24) is 0 Å². The molecule has 3 nitrogen and oxygen atoms in total. The molecule has 0 bridgehead atoms. The summed E-state index contributed by atoms with van der Waals surface area (Å²) in [7, 11) is -3.79. The largest absolute Gasteiger partial charge is 0.378 e. The van der Waals surface area contributed by atoms with Gasteiger partial charge in [-0.1, -0.05) is 29.8 Å². The average Bonchev–Trinajstić information content (AvgIpc) is 2.11. The van der Waals surface area contributed by atoms with Crippen LogP contribution in [0.3, 0.4) is 0 Å². The maximum Gasteiger partial charge on any atom is 0.331 e. The Kier molecular flexibility index (Phi) is 3.42. The standard InChI is InChI=1S/C8H6Cl2O3S/c1-2-14(11,12)13-8-5-6(9)3-4-7(8)10/h2-5H,1H2. The summed E-state index contributed by atoms with van der Waals surface area (Å²) in [6, 6.07) is 4.28. The van der Waals surface area contributed by atoms with Crippen LogP contribution >= 0.6 is 23.2 Å². The van der Waals surface area contributed by atoms with Crippen LogP contribution in [-0.2, 0) is 10.1 Å². The normalized spacial score (nSPS) is 11.0. The average molecular weight is 253 g/mol. The van der Waals surface area contributed by atoms with Crippen molar-refractivity contribution in [3.63, 3.8) is 0 Å². The molecule has 1 aromatic rings. The number of hydrogen-bond donors (Lipinski definition) is 0. The van der Waals surface area contributed by atoms with Crippen molar-refractivity contribution in [2.24, 2.45) is 0 Å². The number of rotatable bonds is 3. The summed E-state index contributed by atoms with van der Waals surface area (Å²) in [5, 5.41) is 1.19. The van der Waals surface area contributed by atoms with Crippen molar-refractivity contribution in [3.8, 4) is 5.75 Å². The minimum absolute atomic E-state index is 0.0148. The van der Waals surface area contributed by atoms with Gasteiger partial charge in [0.25, 0.3) is 0 Å². The highest BCUT2D eigenvalue weighted by Gasteiger charge is 2.10. The predicted molar refractivity (Wildman–Crippen MR) is 56.2 cm³/mol. The third-order valence-corrected chi connectivity index (χ3v) is 2.67. The highest BCUT2D eigenvalue weighted by molar-refractivity contribution is 7.90. The molecule has 0 aromatic heterocycles. The first-order valence-electron chi connectivity index (χ1n) is 3.46. The molecule has 0 heterocycles. The Bertz CT molecular complexity index is 454. The van der Waals surface area contributed by atoms with E-state index in [4.69, 9.17) is 23.2 Å². The molecule has 0 N–H and O–H groups in total. The van der Waals surface area contributed by atoms with Gasteiger partial charge >= 0.3 is 10.1 Å². The van der Waals surface area contributed by atoms with E-state index in [9.17, 15) is 8.42 Å². The topological polar surface area (TPSA) is 43.4 Å². The summed E-state index contributed by atoms with van der Waals surface area (Å²) in [6.45, 7) is 3.09. The second-order valence-electron chi connectivity index (χ2n) is 2.32. The van der Waals surface area contributed by atoms with Gasteiger partial charge in [-0.2, -0.15) is 8.42 Å². The van der Waals surface area contributed by atoms with Crippen LogP contribution in [0.25, 0.3) is 0 Å². The van der Waals surface area contributed by atoms with Gasteiger partial charge in [0.15, 0.2) is 5.75 Å². The van der Waals surface area contributed by atoms with Gasteiger partial charge in [0.1, 0.15) is 0 Å². The zero-order valence-electron chi connectivity index (χ0n) is 6.91. The Morgan fingerprint density at radius 2 is 2.00 bits per heavy atom. The fourth-order valence-corrected chi connectivity index (χ4v) is 1.52. The number of benzene rings is 1. The van der Waals surface area contributed by atoms with Crippen LogP contribution in [0.2, 0.25) is 10.0 Å². The van der Waals surface area contributed by atoms with E-state index < -0.39 is 10.1 Å². The third kappa shape index (κ3) is 2.90. The molecule has 0 aliphatic heterocycles. The molecular weight excluding hydrogens is 247 g/mol. The van der Waals surface area contributed by atoms with E-state index in [1.807, 2.05) is 0 Å². The van der Waals surface area contributed by atoms with Gasteiger partial charge in [0.2, 0.25) is 0 Å². The third-order valence-electron chi connectivity index (χ3n) is 1.30. The number of halogens is 2. The SMILES string of the molecule is C=CS(=O)(=O)Oc1cc(Cl)ccc1Cl. The molecule has 0 fully saturated rings. The van der Waals surface area contributed by atoms with E-state index in [0.717, 1.165) is 0 Å². The van der Waals surface area contributed by atoms with E-state index >= 15 is 0 Å². The summed E-state index contributed by atoms with van der Waals surface area (Å²) in [4.78, 5) is 0. The molecule has 0 aliphatic rings. The summed E-state index contributed by atoms with van der Waals surface area (Å²) in [5.74, 6) is -0.0148. The molecule has 6 heteroatoms. The van der Waals surface area contributed by atoms with Gasteiger partial charge < -0.3 is 4.18 Å². The van der Waals surface area contributed by atoms with Crippen LogP contribution in [-0.4, -0.2) is 8.42 Å². The molecular formula is C8H6Cl2O3S. The second kappa shape index (κ2) is 4.21. The Balaban J connectivity index is 3.09. The second-order valence-corrected chi connectivity index (χ2v) is 4.65.